The number of anilines is 1. The number of nitrogen functional groups attached to an aromatic ring is 1. The second-order valence-electron chi connectivity index (χ2n) is 17.7. The number of carbonyl (C=O) groups is 1. The Morgan fingerprint density at radius 3 is 2.35 bits per heavy atom. The molecule has 6 rings (SSSR count). The number of phenolic OH excluding ortho intramolecular Hbond substituents is 2. The van der Waals surface area contributed by atoms with Gasteiger partial charge in [0.15, 0.2) is 0 Å². The summed E-state index contributed by atoms with van der Waals surface area (Å²) in [5, 5.41) is 77.8. The summed E-state index contributed by atoms with van der Waals surface area (Å²) >= 11 is 0. The molecule has 2 heterocycles. The summed E-state index contributed by atoms with van der Waals surface area (Å²) in [5.41, 5.74) is 8.60. The number of nitrogens with one attached hydrogen (secondary N) is 1. The Hall–Kier alpha value is -4.68. The molecule has 4 aromatic rings. The monoisotopic (exact) mass is 823 g/mol. The van der Waals surface area contributed by atoms with E-state index < -0.39 is 35.6 Å². The first kappa shape index (κ1) is 44.9. The third-order valence-corrected chi connectivity index (χ3v) is 13.2. The fourth-order valence-electron chi connectivity index (χ4n) is 9.95. The number of carboxylic acids is 1. The minimum atomic E-state index is -1.45. The van der Waals surface area contributed by atoms with Crippen molar-refractivity contribution in [3.05, 3.63) is 96.3 Å². The largest absolute Gasteiger partial charge is 0.508 e. The van der Waals surface area contributed by atoms with Gasteiger partial charge < -0.3 is 46.5 Å². The Balaban J connectivity index is 1.14. The van der Waals surface area contributed by atoms with Crippen LogP contribution in [-0.4, -0.2) is 69.5 Å². The van der Waals surface area contributed by atoms with E-state index in [4.69, 9.17) is 5.73 Å². The average Bonchev–Trinajstić information content (AvgIpc) is 3.80. The Kier molecular flexibility index (Phi) is 15.5. The van der Waals surface area contributed by atoms with Crippen molar-refractivity contribution < 1.29 is 40.5 Å². The summed E-state index contributed by atoms with van der Waals surface area (Å²) < 4.78 is 0. The van der Waals surface area contributed by atoms with Crippen LogP contribution in [0.5, 0.6) is 11.5 Å². The second-order valence-corrected chi connectivity index (χ2v) is 17.7. The lowest BCUT2D eigenvalue weighted by Gasteiger charge is -2.34. The summed E-state index contributed by atoms with van der Waals surface area (Å²) in [4.78, 5) is 20.0. The van der Waals surface area contributed by atoms with Gasteiger partial charge >= 0.3 is 5.97 Å². The molecule has 1 fully saturated rings. The lowest BCUT2D eigenvalue weighted by molar-refractivity contribution is -0.147. The molecule has 9 unspecified atom stereocenters. The highest BCUT2D eigenvalue weighted by atomic mass is 16.4. The number of aliphatic hydroxyl groups is 4. The smallest absolute Gasteiger partial charge is 0.309 e. The lowest BCUT2D eigenvalue weighted by Crippen LogP contribution is -2.39. The van der Waals surface area contributed by atoms with Crippen LogP contribution in [0.1, 0.15) is 114 Å². The Bertz CT molecular complexity index is 2000. The highest BCUT2D eigenvalue weighted by Gasteiger charge is 2.50. The van der Waals surface area contributed by atoms with Crippen molar-refractivity contribution in [1.82, 2.24) is 9.97 Å². The molecule has 11 nitrogen and oxygen atoms in total. The maximum absolute atomic E-state index is 12.5. The molecule has 2 aromatic heterocycles. The van der Waals surface area contributed by atoms with Gasteiger partial charge in [0, 0.05) is 40.9 Å². The van der Waals surface area contributed by atoms with Crippen LogP contribution in [0.3, 0.4) is 0 Å². The van der Waals surface area contributed by atoms with Gasteiger partial charge in [-0.15, -0.1) is 0 Å². The molecule has 10 N–H and O–H groups in total. The molecule has 9 atom stereocenters. The summed E-state index contributed by atoms with van der Waals surface area (Å²) in [6, 6.07) is 19.4. The van der Waals surface area contributed by atoms with Crippen LogP contribution >= 0.6 is 0 Å². The van der Waals surface area contributed by atoms with E-state index in [0.717, 1.165) is 48.8 Å². The molecule has 0 saturated heterocycles. The standard InChI is InChI=1S/C49H65N3O8/c1-2-3-6-11-31-16-17-35(44(56)24-31)14-9-5-10-15-39(48(58)59)43(55)18-20-49(60)30-33(22-32-19-21-51-45(50)25-32)23-41(49)47(57)42-29-40(34-12-7-4-8-13-34)46(52-42)36-26-37(53)28-38(54)27-36/h4,7-8,12-13,16-17,19,21,25-29,31,33,35,39,41,43-44,47,52-57,60H,2-3,5-6,9-11,14-15,18,20,22-24,30H2,1H3,(H2,50,51)(H,58,59). The number of unbranched alkanes of at least 4 members (excludes halogenated alkanes) is 4. The molecule has 1 saturated carbocycles. The van der Waals surface area contributed by atoms with E-state index in [1.807, 2.05) is 42.5 Å². The van der Waals surface area contributed by atoms with Gasteiger partial charge in [-0.3, -0.25) is 4.79 Å². The predicted molar refractivity (Wildman–Crippen MR) is 234 cm³/mol. The third kappa shape index (κ3) is 11.6. The van der Waals surface area contributed by atoms with Crippen molar-refractivity contribution in [2.24, 2.45) is 29.6 Å². The molecule has 2 aliphatic carbocycles. The van der Waals surface area contributed by atoms with Gasteiger partial charge in [-0.05, 0) is 111 Å². The summed E-state index contributed by atoms with van der Waals surface area (Å²) in [5.74, 6) is -2.11. The van der Waals surface area contributed by atoms with E-state index in [2.05, 4.69) is 29.0 Å². The second kappa shape index (κ2) is 20.7. The van der Waals surface area contributed by atoms with Crippen molar-refractivity contribution in [1.29, 1.82) is 0 Å². The summed E-state index contributed by atoms with van der Waals surface area (Å²) in [6.45, 7) is 2.19. The van der Waals surface area contributed by atoms with E-state index in [-0.39, 0.29) is 42.3 Å². The SMILES string of the molecule is CCCCCC1C=CC(CCCCCC(C(=O)O)C(O)CCC2(O)CC(Cc3ccnc(N)c3)CC2C(O)c2cc(-c3ccccc3)c(-c3cc(O)cc(O)c3)[nH]2)C(O)C1. The first-order valence-electron chi connectivity index (χ1n) is 22.0. The molecule has 324 valence electrons. The highest BCUT2D eigenvalue weighted by Crippen LogP contribution is 2.51. The lowest BCUT2D eigenvalue weighted by atomic mass is 9.79. The fraction of sp³-hybridized carbons (Fsp3) is 0.510. The maximum atomic E-state index is 12.5. The number of pyridine rings is 1. The van der Waals surface area contributed by atoms with Gasteiger partial charge in [0.2, 0.25) is 0 Å². The van der Waals surface area contributed by atoms with Gasteiger partial charge in [0.1, 0.15) is 17.3 Å². The van der Waals surface area contributed by atoms with Gasteiger partial charge in [0.05, 0.1) is 35.5 Å². The topological polar surface area (TPSA) is 213 Å². The number of allylic oxidation sites excluding steroid dienone is 1. The molecule has 2 aliphatic rings. The number of H-pyrrole nitrogens is 1. The van der Waals surface area contributed by atoms with E-state index in [0.29, 0.717) is 60.8 Å². The minimum absolute atomic E-state index is 0.0396. The molecule has 0 radical (unpaired) electrons. The number of benzene rings is 2. The number of carboxylic acid groups (broad SMARTS) is 1. The molecule has 0 spiro atoms. The van der Waals surface area contributed by atoms with Crippen LogP contribution < -0.4 is 5.73 Å². The first-order valence-corrected chi connectivity index (χ1v) is 22.0. The summed E-state index contributed by atoms with van der Waals surface area (Å²) in [6.07, 6.45) is 13.7. The molecular formula is C49H65N3O8. The molecule has 60 heavy (non-hydrogen) atoms. The molecule has 0 bridgehead atoms. The molecular weight excluding hydrogens is 759 g/mol. The van der Waals surface area contributed by atoms with Crippen LogP contribution in [0, 0.1) is 29.6 Å². The molecule has 0 amide bonds. The van der Waals surface area contributed by atoms with Gasteiger partial charge in [-0.1, -0.05) is 87.9 Å². The van der Waals surface area contributed by atoms with Crippen LogP contribution in [0.25, 0.3) is 22.4 Å². The van der Waals surface area contributed by atoms with Crippen LogP contribution in [-0.2, 0) is 11.2 Å². The number of aliphatic hydroxyl groups excluding tert-OH is 3. The molecule has 2 aromatic carbocycles. The zero-order valence-corrected chi connectivity index (χ0v) is 34.9. The summed E-state index contributed by atoms with van der Waals surface area (Å²) in [7, 11) is 0. The van der Waals surface area contributed by atoms with Crippen molar-refractivity contribution in [2.75, 3.05) is 5.73 Å². The van der Waals surface area contributed by atoms with Crippen molar-refractivity contribution in [3.63, 3.8) is 0 Å². The maximum Gasteiger partial charge on any atom is 0.309 e. The van der Waals surface area contributed by atoms with Crippen LogP contribution in [0.4, 0.5) is 5.82 Å². The zero-order valence-electron chi connectivity index (χ0n) is 34.9. The number of aromatic amines is 1. The number of aliphatic carboxylic acids is 1. The number of nitrogens with two attached hydrogens (primary N) is 1. The zero-order chi connectivity index (χ0) is 42.8. The van der Waals surface area contributed by atoms with Gasteiger partial charge in [-0.2, -0.15) is 0 Å². The number of aromatic hydroxyl groups is 2. The Morgan fingerprint density at radius 1 is 0.900 bits per heavy atom. The predicted octanol–water partition coefficient (Wildman–Crippen LogP) is 8.70. The van der Waals surface area contributed by atoms with Gasteiger partial charge in [-0.25, -0.2) is 4.98 Å². The number of aromatic nitrogens is 2. The van der Waals surface area contributed by atoms with Crippen molar-refractivity contribution in [2.45, 2.75) is 127 Å². The van der Waals surface area contributed by atoms with E-state index in [1.54, 1.807) is 12.3 Å². The Labute approximate surface area is 354 Å². The third-order valence-electron chi connectivity index (χ3n) is 13.2. The quantitative estimate of drug-likeness (QED) is 0.0288. The number of nitrogens with zero attached hydrogens (tertiary/aromatic N) is 1. The van der Waals surface area contributed by atoms with E-state index in [9.17, 15) is 40.5 Å². The Morgan fingerprint density at radius 2 is 1.65 bits per heavy atom. The fourth-order valence-corrected chi connectivity index (χ4v) is 9.95. The van der Waals surface area contributed by atoms with Crippen molar-refractivity contribution in [3.8, 4) is 33.9 Å². The molecule has 11 heteroatoms. The number of hydrogen-bond acceptors (Lipinski definition) is 9. The average molecular weight is 824 g/mol. The van der Waals surface area contributed by atoms with E-state index in [1.165, 1.54) is 37.5 Å². The van der Waals surface area contributed by atoms with Crippen LogP contribution in [0.2, 0.25) is 0 Å². The van der Waals surface area contributed by atoms with Gasteiger partial charge in [0.25, 0.3) is 0 Å². The normalized spacial score (nSPS) is 24.3. The van der Waals surface area contributed by atoms with E-state index >= 15 is 0 Å². The first-order chi connectivity index (χ1) is 28.8. The van der Waals surface area contributed by atoms with Crippen LogP contribution in [0.15, 0.2) is 85.1 Å². The molecule has 0 aliphatic heterocycles. The van der Waals surface area contributed by atoms with Crippen molar-refractivity contribution >= 4 is 11.8 Å². The highest BCUT2D eigenvalue weighted by molar-refractivity contribution is 5.83. The number of rotatable bonds is 21. The number of hydrogen-bond donors (Lipinski definition) is 9. The minimum Gasteiger partial charge on any atom is -0.508 e. The number of phenols is 2.